The molecule has 0 unspecified atom stereocenters. The molecule has 0 heterocycles. The van der Waals surface area contributed by atoms with Gasteiger partial charge in [-0.1, -0.05) is 35.3 Å². The van der Waals surface area contributed by atoms with Crippen LogP contribution in [0.3, 0.4) is 0 Å². The number of carbonyl (C=O) groups is 1. The van der Waals surface area contributed by atoms with Gasteiger partial charge in [0.15, 0.2) is 0 Å². The lowest BCUT2D eigenvalue weighted by atomic mass is 10.1. The molecule has 0 aliphatic carbocycles. The van der Waals surface area contributed by atoms with Gasteiger partial charge >= 0.3 is 0 Å². The molecule has 1 N–H and O–H groups in total. The van der Waals surface area contributed by atoms with E-state index in [2.05, 4.69) is 10.5 Å². The van der Waals surface area contributed by atoms with Gasteiger partial charge in [-0.05, 0) is 25.1 Å². The first-order valence-corrected chi connectivity index (χ1v) is 7.18. The number of nitro benzene ring substituents is 1. The molecule has 2 aromatic rings. The Morgan fingerprint density at radius 2 is 1.96 bits per heavy atom. The average Bonchev–Trinajstić information content (AvgIpc) is 2.52. The molecule has 23 heavy (non-hydrogen) atoms. The standard InChI is InChI=1S/C15H11Cl2N3O3/c1-9(10-3-2-4-12(7-10)20(22)23)18-19-15(21)13-6-5-11(16)8-14(13)17/h2-8H,1H3,(H,19,21)/b18-9+. The Bertz CT molecular complexity index is 806. The summed E-state index contributed by atoms with van der Waals surface area (Å²) in [6, 6.07) is 10.4. The lowest BCUT2D eigenvalue weighted by Crippen LogP contribution is -2.19. The van der Waals surface area contributed by atoms with Gasteiger partial charge in [-0.25, -0.2) is 5.43 Å². The molecular formula is C15H11Cl2N3O3. The number of halogens is 2. The van der Waals surface area contributed by atoms with Crippen LogP contribution in [0.2, 0.25) is 10.0 Å². The number of hydrogen-bond acceptors (Lipinski definition) is 4. The van der Waals surface area contributed by atoms with Crippen molar-refractivity contribution in [1.82, 2.24) is 5.43 Å². The summed E-state index contributed by atoms with van der Waals surface area (Å²) in [6.45, 7) is 1.63. The van der Waals surface area contributed by atoms with E-state index in [0.717, 1.165) is 0 Å². The van der Waals surface area contributed by atoms with Gasteiger partial charge in [-0.3, -0.25) is 14.9 Å². The third-order valence-electron chi connectivity index (χ3n) is 2.98. The molecule has 0 aromatic heterocycles. The van der Waals surface area contributed by atoms with Crippen molar-refractivity contribution in [2.75, 3.05) is 0 Å². The SMILES string of the molecule is C/C(=N\NC(=O)c1ccc(Cl)cc1Cl)c1cccc([N+](=O)[O-])c1. The molecule has 1 amide bonds. The Morgan fingerprint density at radius 3 is 2.61 bits per heavy atom. The van der Waals surface area contributed by atoms with Gasteiger partial charge in [-0.15, -0.1) is 0 Å². The first kappa shape index (κ1) is 16.9. The second-order valence-electron chi connectivity index (χ2n) is 4.57. The first-order valence-electron chi connectivity index (χ1n) is 6.43. The molecule has 8 heteroatoms. The van der Waals surface area contributed by atoms with E-state index in [-0.39, 0.29) is 16.3 Å². The van der Waals surface area contributed by atoms with Gasteiger partial charge < -0.3 is 0 Å². The molecule has 0 radical (unpaired) electrons. The molecular weight excluding hydrogens is 341 g/mol. The first-order chi connectivity index (χ1) is 10.9. The fourth-order valence-electron chi connectivity index (χ4n) is 1.78. The molecule has 0 bridgehead atoms. The van der Waals surface area contributed by atoms with E-state index < -0.39 is 10.8 Å². The normalized spacial score (nSPS) is 11.2. The fourth-order valence-corrected chi connectivity index (χ4v) is 2.27. The minimum Gasteiger partial charge on any atom is -0.267 e. The number of nitrogens with zero attached hydrogens (tertiary/aromatic N) is 2. The summed E-state index contributed by atoms with van der Waals surface area (Å²) >= 11 is 11.7. The number of hydrogen-bond donors (Lipinski definition) is 1. The Morgan fingerprint density at radius 1 is 1.22 bits per heavy atom. The van der Waals surface area contributed by atoms with Crippen LogP contribution in [0, 0.1) is 10.1 Å². The van der Waals surface area contributed by atoms with Crippen LogP contribution in [0.5, 0.6) is 0 Å². The lowest BCUT2D eigenvalue weighted by molar-refractivity contribution is -0.384. The fraction of sp³-hybridized carbons (Fsp3) is 0.0667. The third-order valence-corrected chi connectivity index (χ3v) is 3.52. The number of nitro groups is 1. The zero-order chi connectivity index (χ0) is 17.0. The smallest absolute Gasteiger partial charge is 0.267 e. The van der Waals surface area contributed by atoms with Crippen molar-refractivity contribution < 1.29 is 9.72 Å². The number of benzene rings is 2. The van der Waals surface area contributed by atoms with Crippen molar-refractivity contribution >= 4 is 40.5 Å². The summed E-state index contributed by atoms with van der Waals surface area (Å²) in [5.41, 5.74) is 3.49. The number of amides is 1. The highest BCUT2D eigenvalue weighted by Crippen LogP contribution is 2.21. The second-order valence-corrected chi connectivity index (χ2v) is 5.41. The van der Waals surface area contributed by atoms with Crippen LogP contribution in [0.25, 0.3) is 0 Å². The van der Waals surface area contributed by atoms with Crippen LogP contribution < -0.4 is 5.43 Å². The molecule has 0 saturated carbocycles. The molecule has 2 rings (SSSR count). The quantitative estimate of drug-likeness (QED) is 0.512. The minimum absolute atomic E-state index is 0.0517. The number of nitrogens with one attached hydrogen (secondary N) is 1. The highest BCUT2D eigenvalue weighted by molar-refractivity contribution is 6.36. The maximum Gasteiger partial charge on any atom is 0.272 e. The van der Waals surface area contributed by atoms with Crippen LogP contribution in [-0.4, -0.2) is 16.5 Å². The summed E-state index contributed by atoms with van der Waals surface area (Å²) in [4.78, 5) is 22.3. The van der Waals surface area contributed by atoms with Crippen LogP contribution in [0.15, 0.2) is 47.6 Å². The van der Waals surface area contributed by atoms with Gasteiger partial charge in [0.2, 0.25) is 0 Å². The number of carbonyl (C=O) groups excluding carboxylic acids is 1. The van der Waals surface area contributed by atoms with Crippen molar-refractivity contribution in [3.63, 3.8) is 0 Å². The van der Waals surface area contributed by atoms with Gasteiger partial charge in [0.1, 0.15) is 0 Å². The van der Waals surface area contributed by atoms with Gasteiger partial charge in [0, 0.05) is 22.7 Å². The van der Waals surface area contributed by atoms with Gasteiger partial charge in [-0.2, -0.15) is 5.10 Å². The lowest BCUT2D eigenvalue weighted by Gasteiger charge is -2.05. The Balaban J connectivity index is 2.17. The van der Waals surface area contributed by atoms with E-state index >= 15 is 0 Å². The van der Waals surface area contributed by atoms with Crippen molar-refractivity contribution in [2.24, 2.45) is 5.10 Å². The zero-order valence-electron chi connectivity index (χ0n) is 11.9. The summed E-state index contributed by atoms with van der Waals surface area (Å²) in [5, 5.41) is 15.3. The number of hydrazone groups is 1. The number of non-ortho nitro benzene ring substituents is 1. The molecule has 0 saturated heterocycles. The van der Waals surface area contributed by atoms with Crippen molar-refractivity contribution in [1.29, 1.82) is 0 Å². The third kappa shape index (κ3) is 4.28. The highest BCUT2D eigenvalue weighted by Gasteiger charge is 2.11. The molecule has 6 nitrogen and oxygen atoms in total. The maximum absolute atomic E-state index is 12.0. The summed E-state index contributed by atoms with van der Waals surface area (Å²) < 4.78 is 0. The zero-order valence-corrected chi connectivity index (χ0v) is 13.4. The maximum atomic E-state index is 12.0. The van der Waals surface area contributed by atoms with E-state index in [1.807, 2.05) is 0 Å². The summed E-state index contributed by atoms with van der Waals surface area (Å²) in [7, 11) is 0. The summed E-state index contributed by atoms with van der Waals surface area (Å²) in [5.74, 6) is -0.503. The van der Waals surface area contributed by atoms with E-state index in [9.17, 15) is 14.9 Å². The minimum atomic E-state index is -0.503. The Kier molecular flexibility index (Phi) is 5.31. The van der Waals surface area contributed by atoms with Crippen LogP contribution in [0.4, 0.5) is 5.69 Å². The highest BCUT2D eigenvalue weighted by atomic mass is 35.5. The van der Waals surface area contributed by atoms with E-state index in [1.165, 1.54) is 24.3 Å². The molecule has 0 atom stereocenters. The Labute approximate surface area is 141 Å². The number of rotatable bonds is 4. The average molecular weight is 352 g/mol. The van der Waals surface area contributed by atoms with E-state index in [1.54, 1.807) is 25.1 Å². The van der Waals surface area contributed by atoms with Gasteiger partial charge in [0.25, 0.3) is 11.6 Å². The predicted molar refractivity (Wildman–Crippen MR) is 89.2 cm³/mol. The largest absolute Gasteiger partial charge is 0.272 e. The molecule has 118 valence electrons. The Hall–Kier alpha value is -2.44. The van der Waals surface area contributed by atoms with Gasteiger partial charge in [0.05, 0.1) is 21.2 Å². The van der Waals surface area contributed by atoms with E-state index in [0.29, 0.717) is 16.3 Å². The predicted octanol–water partition coefficient (Wildman–Crippen LogP) is 4.06. The molecule has 0 fully saturated rings. The summed E-state index contributed by atoms with van der Waals surface area (Å²) in [6.07, 6.45) is 0. The molecule has 2 aromatic carbocycles. The van der Waals surface area contributed by atoms with Crippen LogP contribution in [-0.2, 0) is 0 Å². The monoisotopic (exact) mass is 351 g/mol. The topological polar surface area (TPSA) is 84.6 Å². The van der Waals surface area contributed by atoms with E-state index in [4.69, 9.17) is 23.2 Å². The van der Waals surface area contributed by atoms with Crippen molar-refractivity contribution in [3.05, 3.63) is 73.8 Å². The van der Waals surface area contributed by atoms with Crippen molar-refractivity contribution in [3.8, 4) is 0 Å². The van der Waals surface area contributed by atoms with Crippen molar-refractivity contribution in [2.45, 2.75) is 6.92 Å². The van der Waals surface area contributed by atoms with Crippen LogP contribution >= 0.6 is 23.2 Å². The molecule has 0 aliphatic rings. The molecule has 0 spiro atoms. The second kappa shape index (κ2) is 7.21. The van der Waals surface area contributed by atoms with Crippen LogP contribution in [0.1, 0.15) is 22.8 Å². The molecule has 0 aliphatic heterocycles.